The maximum atomic E-state index is 6.32. The van der Waals surface area contributed by atoms with Gasteiger partial charge < -0.3 is 5.32 Å². The van der Waals surface area contributed by atoms with Gasteiger partial charge in [0, 0.05) is 22.3 Å². The first kappa shape index (κ1) is 11.1. The van der Waals surface area contributed by atoms with E-state index in [0.717, 1.165) is 15.8 Å². The SMILES string of the molecule is Cc1cc(C2CC2)c(Cl)cc1Nc1nccs1. The predicted octanol–water partition coefficient (Wildman–Crippen LogP) is 4.73. The molecule has 4 heteroatoms. The fraction of sp³-hybridized carbons (Fsp3) is 0.308. The number of anilines is 2. The number of nitrogens with zero attached hydrogens (tertiary/aromatic N) is 1. The third-order valence-electron chi connectivity index (χ3n) is 3.03. The van der Waals surface area contributed by atoms with Crippen LogP contribution in [0, 0.1) is 6.92 Å². The molecule has 0 saturated heterocycles. The van der Waals surface area contributed by atoms with Crippen LogP contribution in [-0.4, -0.2) is 4.98 Å². The van der Waals surface area contributed by atoms with E-state index in [9.17, 15) is 0 Å². The summed E-state index contributed by atoms with van der Waals surface area (Å²) in [6, 6.07) is 4.22. The van der Waals surface area contributed by atoms with Crippen LogP contribution in [0.25, 0.3) is 0 Å². The molecular formula is C13H13ClN2S. The largest absolute Gasteiger partial charge is 0.331 e. The lowest BCUT2D eigenvalue weighted by Crippen LogP contribution is -1.94. The molecule has 0 unspecified atom stereocenters. The number of hydrogen-bond acceptors (Lipinski definition) is 3. The Balaban J connectivity index is 1.92. The number of aromatic nitrogens is 1. The van der Waals surface area contributed by atoms with Gasteiger partial charge in [-0.1, -0.05) is 17.7 Å². The molecule has 0 aliphatic heterocycles. The van der Waals surface area contributed by atoms with Gasteiger partial charge in [0.2, 0.25) is 0 Å². The van der Waals surface area contributed by atoms with Gasteiger partial charge in [0.25, 0.3) is 0 Å². The molecule has 1 N–H and O–H groups in total. The first-order chi connectivity index (χ1) is 8.24. The van der Waals surface area contributed by atoms with Crippen molar-refractivity contribution >= 4 is 33.8 Å². The van der Waals surface area contributed by atoms with Gasteiger partial charge in [-0.05, 0) is 42.9 Å². The molecule has 3 rings (SSSR count). The smallest absolute Gasteiger partial charge is 0.187 e. The van der Waals surface area contributed by atoms with E-state index in [0.29, 0.717) is 5.92 Å². The second-order valence-corrected chi connectivity index (χ2v) is 5.73. The monoisotopic (exact) mass is 264 g/mol. The number of rotatable bonds is 3. The average molecular weight is 265 g/mol. The van der Waals surface area contributed by atoms with Crippen molar-refractivity contribution in [2.75, 3.05) is 5.32 Å². The van der Waals surface area contributed by atoms with Crippen LogP contribution in [0.3, 0.4) is 0 Å². The van der Waals surface area contributed by atoms with Gasteiger partial charge in [-0.25, -0.2) is 4.98 Å². The van der Waals surface area contributed by atoms with E-state index in [1.807, 2.05) is 11.4 Å². The molecule has 1 aliphatic carbocycles. The van der Waals surface area contributed by atoms with Gasteiger partial charge in [-0.3, -0.25) is 0 Å². The summed E-state index contributed by atoms with van der Waals surface area (Å²) in [7, 11) is 0. The molecule has 0 bridgehead atoms. The molecule has 0 amide bonds. The third-order valence-corrected chi connectivity index (χ3v) is 4.05. The predicted molar refractivity (Wildman–Crippen MR) is 73.6 cm³/mol. The van der Waals surface area contributed by atoms with E-state index < -0.39 is 0 Å². The molecule has 88 valence electrons. The zero-order valence-electron chi connectivity index (χ0n) is 9.53. The first-order valence-electron chi connectivity index (χ1n) is 5.70. The molecule has 1 aliphatic rings. The summed E-state index contributed by atoms with van der Waals surface area (Å²) >= 11 is 7.91. The molecule has 0 atom stereocenters. The number of nitrogens with one attached hydrogen (secondary N) is 1. The molecular weight excluding hydrogens is 252 g/mol. The van der Waals surface area contributed by atoms with E-state index >= 15 is 0 Å². The van der Waals surface area contributed by atoms with Gasteiger partial charge >= 0.3 is 0 Å². The number of thiazole rings is 1. The normalized spacial score (nSPS) is 14.9. The van der Waals surface area contributed by atoms with Gasteiger partial charge in [0.15, 0.2) is 5.13 Å². The summed E-state index contributed by atoms with van der Waals surface area (Å²) in [4.78, 5) is 4.22. The van der Waals surface area contributed by atoms with E-state index in [1.54, 1.807) is 17.5 Å². The summed E-state index contributed by atoms with van der Waals surface area (Å²) in [5.41, 5.74) is 3.58. The van der Waals surface area contributed by atoms with Crippen LogP contribution < -0.4 is 5.32 Å². The van der Waals surface area contributed by atoms with Crippen LogP contribution in [-0.2, 0) is 0 Å². The van der Waals surface area contributed by atoms with Crippen LogP contribution in [0.15, 0.2) is 23.7 Å². The lowest BCUT2D eigenvalue weighted by atomic mass is 10.1. The minimum atomic E-state index is 0.690. The number of halogens is 1. The Morgan fingerprint density at radius 1 is 1.41 bits per heavy atom. The Labute approximate surface area is 110 Å². The summed E-state index contributed by atoms with van der Waals surface area (Å²) in [5.74, 6) is 0.690. The minimum Gasteiger partial charge on any atom is -0.331 e. The summed E-state index contributed by atoms with van der Waals surface area (Å²) in [5, 5.41) is 7.04. The molecule has 1 fully saturated rings. The quantitative estimate of drug-likeness (QED) is 0.867. The maximum absolute atomic E-state index is 6.32. The molecule has 2 aromatic rings. The minimum absolute atomic E-state index is 0.690. The topological polar surface area (TPSA) is 24.9 Å². The molecule has 0 spiro atoms. The Morgan fingerprint density at radius 2 is 2.24 bits per heavy atom. The Bertz CT molecular complexity index is 533. The fourth-order valence-electron chi connectivity index (χ4n) is 1.95. The molecule has 1 heterocycles. The van der Waals surface area contributed by atoms with Crippen molar-refractivity contribution in [1.82, 2.24) is 4.98 Å². The van der Waals surface area contributed by atoms with Crippen LogP contribution >= 0.6 is 22.9 Å². The number of aryl methyl sites for hydroxylation is 1. The molecule has 1 aromatic heterocycles. The van der Waals surface area contributed by atoms with Crippen molar-refractivity contribution in [2.24, 2.45) is 0 Å². The Hall–Kier alpha value is -1.06. The Morgan fingerprint density at radius 3 is 2.88 bits per heavy atom. The zero-order valence-corrected chi connectivity index (χ0v) is 11.1. The van der Waals surface area contributed by atoms with Crippen molar-refractivity contribution < 1.29 is 0 Å². The molecule has 17 heavy (non-hydrogen) atoms. The second-order valence-electron chi connectivity index (χ2n) is 4.43. The van der Waals surface area contributed by atoms with Crippen LogP contribution in [0.4, 0.5) is 10.8 Å². The van der Waals surface area contributed by atoms with Crippen molar-refractivity contribution in [3.8, 4) is 0 Å². The highest BCUT2D eigenvalue weighted by atomic mass is 35.5. The third kappa shape index (κ3) is 2.31. The van der Waals surface area contributed by atoms with Crippen molar-refractivity contribution in [1.29, 1.82) is 0 Å². The molecule has 1 aromatic carbocycles. The lowest BCUT2D eigenvalue weighted by Gasteiger charge is -2.11. The van der Waals surface area contributed by atoms with Gasteiger partial charge in [0.05, 0.1) is 0 Å². The molecule has 0 radical (unpaired) electrons. The van der Waals surface area contributed by atoms with E-state index in [4.69, 9.17) is 11.6 Å². The fourth-order valence-corrected chi connectivity index (χ4v) is 2.81. The van der Waals surface area contributed by atoms with E-state index in [1.165, 1.54) is 24.0 Å². The average Bonchev–Trinajstić information content (AvgIpc) is 3.02. The summed E-state index contributed by atoms with van der Waals surface area (Å²) in [6.45, 7) is 2.11. The van der Waals surface area contributed by atoms with Crippen LogP contribution in [0.5, 0.6) is 0 Å². The van der Waals surface area contributed by atoms with Crippen LogP contribution in [0.2, 0.25) is 5.02 Å². The highest BCUT2D eigenvalue weighted by molar-refractivity contribution is 7.13. The van der Waals surface area contributed by atoms with E-state index in [-0.39, 0.29) is 0 Å². The van der Waals surface area contributed by atoms with Gasteiger partial charge in [-0.2, -0.15) is 0 Å². The van der Waals surface area contributed by atoms with Crippen molar-refractivity contribution in [2.45, 2.75) is 25.7 Å². The number of benzene rings is 1. The summed E-state index contributed by atoms with van der Waals surface area (Å²) in [6.07, 6.45) is 4.35. The van der Waals surface area contributed by atoms with Crippen molar-refractivity contribution in [3.05, 3.63) is 39.9 Å². The van der Waals surface area contributed by atoms with Crippen molar-refractivity contribution in [3.63, 3.8) is 0 Å². The van der Waals surface area contributed by atoms with E-state index in [2.05, 4.69) is 23.3 Å². The standard InChI is InChI=1S/C13H13ClN2S/c1-8-6-10(9-2-3-9)11(14)7-12(8)16-13-15-4-5-17-13/h4-7,9H,2-3H2,1H3,(H,15,16). The zero-order chi connectivity index (χ0) is 11.8. The molecule has 1 saturated carbocycles. The van der Waals surface area contributed by atoms with Crippen LogP contribution in [0.1, 0.15) is 29.9 Å². The second kappa shape index (κ2) is 4.31. The maximum Gasteiger partial charge on any atom is 0.187 e. The Kier molecular flexibility index (Phi) is 2.81. The highest BCUT2D eigenvalue weighted by Crippen LogP contribution is 2.44. The highest BCUT2D eigenvalue weighted by Gasteiger charge is 2.26. The lowest BCUT2D eigenvalue weighted by molar-refractivity contribution is 1.12. The van der Waals surface area contributed by atoms with Gasteiger partial charge in [0.1, 0.15) is 0 Å². The first-order valence-corrected chi connectivity index (χ1v) is 6.96. The summed E-state index contributed by atoms with van der Waals surface area (Å²) < 4.78 is 0. The molecule has 2 nitrogen and oxygen atoms in total. The number of hydrogen-bond donors (Lipinski definition) is 1. The van der Waals surface area contributed by atoms with Gasteiger partial charge in [-0.15, -0.1) is 11.3 Å².